The van der Waals surface area contributed by atoms with E-state index in [9.17, 15) is 19.2 Å². The van der Waals surface area contributed by atoms with E-state index in [2.05, 4.69) is 19.2 Å². The third-order valence-corrected chi connectivity index (χ3v) is 9.60. The number of carbonyl (C=O) groups excluding carboxylic acids is 4. The van der Waals surface area contributed by atoms with Gasteiger partial charge in [0.2, 0.25) is 17.7 Å². The molecule has 9 nitrogen and oxygen atoms in total. The van der Waals surface area contributed by atoms with Gasteiger partial charge in [-0.05, 0) is 67.0 Å². The monoisotopic (exact) mass is 555 g/mol. The Balaban J connectivity index is 1.20. The van der Waals surface area contributed by atoms with Gasteiger partial charge >= 0.3 is 0 Å². The molecule has 3 N–H and O–H groups in total. The normalized spacial score (nSPS) is 23.7. The summed E-state index contributed by atoms with van der Waals surface area (Å²) in [6.07, 6.45) is 8.76. The van der Waals surface area contributed by atoms with Crippen LogP contribution in [0.3, 0.4) is 0 Å². The molecular weight excluding hydrogens is 518 g/mol. The molecule has 0 radical (unpaired) electrons. The topological polar surface area (TPSA) is 125 Å². The average Bonchev–Trinajstić information content (AvgIpc) is 3.24. The molecule has 6 rings (SSSR count). The molecule has 2 saturated heterocycles. The number of nitrogens with zero attached hydrogens (tertiary/aromatic N) is 3. The number of carbonyl (C=O) groups is 4. The molecule has 3 aliphatic heterocycles. The van der Waals surface area contributed by atoms with Gasteiger partial charge in [0.05, 0.1) is 11.7 Å². The van der Waals surface area contributed by atoms with Gasteiger partial charge in [-0.25, -0.2) is 0 Å². The maximum Gasteiger partial charge on any atom is 0.259 e. The third kappa shape index (κ3) is 4.61. The zero-order valence-corrected chi connectivity index (χ0v) is 23.7. The number of imide groups is 1. The molecule has 0 aromatic heterocycles. The van der Waals surface area contributed by atoms with Crippen LogP contribution in [-0.4, -0.2) is 59.9 Å². The fraction of sp³-hybridized carbons (Fsp3) is 0.469. The van der Waals surface area contributed by atoms with Gasteiger partial charge in [0.1, 0.15) is 6.04 Å². The molecule has 9 heteroatoms. The largest absolute Gasteiger partial charge is 0.404 e. The van der Waals surface area contributed by atoms with E-state index < -0.39 is 11.9 Å². The van der Waals surface area contributed by atoms with Crippen LogP contribution in [0, 0.1) is 5.41 Å². The number of likely N-dealkylation sites (tertiary alicyclic amines) is 1. The molecule has 3 heterocycles. The molecule has 0 spiro atoms. The number of anilines is 1. The number of benzene rings is 2. The van der Waals surface area contributed by atoms with Gasteiger partial charge < -0.3 is 10.6 Å². The standard InChI is InChI=1S/C32H37N5O4/c1-19(20(17-33)18-34-21-11-15-36(16-12-21)31(41)32(2)13-4-14-32)22-7-8-25-28-23(22)5-3-6-24(28)30(40)37(25)26-9-10-27(38)35-29(26)39/h3,5-8,17-19,21,26H,4,9-16,33H2,1-2H3,(H,35,38,39)/t19-,26?/m0/s1. The second-order valence-corrected chi connectivity index (χ2v) is 12.1. The van der Waals surface area contributed by atoms with Crippen molar-refractivity contribution in [2.45, 2.75) is 76.8 Å². The van der Waals surface area contributed by atoms with E-state index in [1.54, 1.807) is 12.3 Å². The summed E-state index contributed by atoms with van der Waals surface area (Å²) >= 11 is 0. The van der Waals surface area contributed by atoms with Crippen molar-refractivity contribution in [1.29, 1.82) is 0 Å². The zero-order chi connectivity index (χ0) is 28.9. The number of nitrogens with two attached hydrogens (primary N) is 1. The first-order valence-electron chi connectivity index (χ1n) is 14.7. The summed E-state index contributed by atoms with van der Waals surface area (Å²) in [7, 11) is 0. The lowest BCUT2D eigenvalue weighted by Gasteiger charge is -2.42. The lowest BCUT2D eigenvalue weighted by atomic mass is 9.69. The summed E-state index contributed by atoms with van der Waals surface area (Å²) < 4.78 is 0. The Morgan fingerprint density at radius 2 is 1.88 bits per heavy atom. The highest BCUT2D eigenvalue weighted by Gasteiger charge is 2.43. The highest BCUT2D eigenvalue weighted by molar-refractivity contribution is 6.27. The maximum absolute atomic E-state index is 13.5. The van der Waals surface area contributed by atoms with Gasteiger partial charge in [-0.1, -0.05) is 38.5 Å². The van der Waals surface area contributed by atoms with E-state index in [0.717, 1.165) is 67.1 Å². The first-order valence-corrected chi connectivity index (χ1v) is 14.7. The van der Waals surface area contributed by atoms with Crippen LogP contribution in [-0.2, 0) is 14.4 Å². The van der Waals surface area contributed by atoms with Crippen molar-refractivity contribution in [3.63, 3.8) is 0 Å². The SMILES string of the molecule is C[C@@H](C(C=NC1CCN(C(=O)C2(C)CCC2)CC1)=CN)c1ccc2c3c(cccc13)C(=O)N2C1CCC(=O)NC1=O. The van der Waals surface area contributed by atoms with E-state index in [-0.39, 0.29) is 35.6 Å². The van der Waals surface area contributed by atoms with Crippen molar-refractivity contribution in [3.05, 3.63) is 53.2 Å². The fourth-order valence-corrected chi connectivity index (χ4v) is 6.84. The van der Waals surface area contributed by atoms with Gasteiger partial charge in [-0.15, -0.1) is 0 Å². The van der Waals surface area contributed by atoms with Crippen LogP contribution in [0.25, 0.3) is 10.8 Å². The number of piperidine rings is 2. The predicted octanol–water partition coefficient (Wildman–Crippen LogP) is 3.80. The first-order chi connectivity index (χ1) is 19.7. The number of amides is 4. The Kier molecular flexibility index (Phi) is 6.91. The summed E-state index contributed by atoms with van der Waals surface area (Å²) in [5.74, 6) is -0.770. The van der Waals surface area contributed by atoms with Crippen LogP contribution >= 0.6 is 0 Å². The molecule has 2 aromatic rings. The van der Waals surface area contributed by atoms with Crippen molar-refractivity contribution in [1.82, 2.24) is 10.2 Å². The van der Waals surface area contributed by atoms with Crippen LogP contribution in [0.1, 0.15) is 80.6 Å². The number of aliphatic imine (C=N–C) groups is 1. The number of allylic oxidation sites excluding steroid dienone is 1. The van der Waals surface area contributed by atoms with E-state index in [1.807, 2.05) is 35.4 Å². The number of nitrogens with one attached hydrogen (secondary N) is 1. The van der Waals surface area contributed by atoms with Crippen molar-refractivity contribution in [2.75, 3.05) is 18.0 Å². The van der Waals surface area contributed by atoms with Gasteiger partial charge in [-0.2, -0.15) is 0 Å². The lowest BCUT2D eigenvalue weighted by Crippen LogP contribution is -2.53. The minimum atomic E-state index is -0.719. The van der Waals surface area contributed by atoms with Crippen molar-refractivity contribution >= 4 is 46.3 Å². The molecule has 1 saturated carbocycles. The van der Waals surface area contributed by atoms with Crippen LogP contribution in [0.5, 0.6) is 0 Å². The van der Waals surface area contributed by atoms with E-state index in [1.165, 1.54) is 4.90 Å². The Bertz CT molecular complexity index is 1500. The Hall–Kier alpha value is -4.01. The second-order valence-electron chi connectivity index (χ2n) is 12.1. The Labute approximate surface area is 239 Å². The van der Waals surface area contributed by atoms with Crippen LogP contribution < -0.4 is 16.0 Å². The smallest absolute Gasteiger partial charge is 0.259 e. The zero-order valence-electron chi connectivity index (χ0n) is 23.7. The minimum absolute atomic E-state index is 0.0898. The molecular formula is C32H37N5O4. The molecule has 2 aromatic carbocycles. The van der Waals surface area contributed by atoms with Crippen LogP contribution in [0.2, 0.25) is 0 Å². The van der Waals surface area contributed by atoms with E-state index in [0.29, 0.717) is 23.6 Å². The summed E-state index contributed by atoms with van der Waals surface area (Å²) in [6.45, 7) is 5.63. The van der Waals surface area contributed by atoms with Crippen LogP contribution in [0.15, 0.2) is 47.1 Å². The van der Waals surface area contributed by atoms with Gasteiger partial charge in [-0.3, -0.25) is 34.4 Å². The highest BCUT2D eigenvalue weighted by atomic mass is 16.2. The Morgan fingerprint density at radius 1 is 1.12 bits per heavy atom. The fourth-order valence-electron chi connectivity index (χ4n) is 6.84. The summed E-state index contributed by atoms with van der Waals surface area (Å²) in [5.41, 5.74) is 9.07. The van der Waals surface area contributed by atoms with Crippen molar-refractivity contribution in [2.24, 2.45) is 16.1 Å². The first kappa shape index (κ1) is 27.2. The van der Waals surface area contributed by atoms with Gasteiger partial charge in [0, 0.05) is 48.0 Å². The molecule has 0 bridgehead atoms. The molecule has 4 amide bonds. The highest BCUT2D eigenvalue weighted by Crippen LogP contribution is 2.44. The van der Waals surface area contributed by atoms with Gasteiger partial charge in [0.25, 0.3) is 5.91 Å². The molecule has 1 aliphatic carbocycles. The summed E-state index contributed by atoms with van der Waals surface area (Å²) in [5, 5.41) is 4.12. The van der Waals surface area contributed by atoms with Gasteiger partial charge in [0.15, 0.2) is 0 Å². The predicted molar refractivity (Wildman–Crippen MR) is 158 cm³/mol. The Morgan fingerprint density at radius 3 is 2.54 bits per heavy atom. The van der Waals surface area contributed by atoms with Crippen molar-refractivity contribution in [3.8, 4) is 0 Å². The van der Waals surface area contributed by atoms with E-state index in [4.69, 9.17) is 10.7 Å². The molecule has 4 aliphatic rings. The summed E-state index contributed by atoms with van der Waals surface area (Å²) in [6, 6.07) is 8.96. The number of rotatable bonds is 6. The van der Waals surface area contributed by atoms with Crippen molar-refractivity contribution < 1.29 is 19.2 Å². The lowest BCUT2D eigenvalue weighted by molar-refractivity contribution is -0.147. The maximum atomic E-state index is 13.5. The average molecular weight is 556 g/mol. The number of hydrogen-bond acceptors (Lipinski definition) is 6. The van der Waals surface area contributed by atoms with Crippen LogP contribution in [0.4, 0.5) is 5.69 Å². The molecule has 3 fully saturated rings. The number of hydrogen-bond donors (Lipinski definition) is 2. The molecule has 2 atom stereocenters. The second kappa shape index (κ2) is 10.4. The third-order valence-electron chi connectivity index (χ3n) is 9.60. The molecule has 41 heavy (non-hydrogen) atoms. The summed E-state index contributed by atoms with van der Waals surface area (Å²) in [4.78, 5) is 59.1. The molecule has 214 valence electrons. The molecule has 1 unspecified atom stereocenters. The minimum Gasteiger partial charge on any atom is -0.404 e. The quantitative estimate of drug-likeness (QED) is 0.414. The van der Waals surface area contributed by atoms with E-state index >= 15 is 0 Å².